The average Bonchev–Trinajstić information content (AvgIpc) is 2.79. The number of alkyl halides is 3. The van der Waals surface area contributed by atoms with Gasteiger partial charge in [0.1, 0.15) is 12.2 Å². The number of amides is 1. The Morgan fingerprint density at radius 3 is 2.71 bits per heavy atom. The lowest BCUT2D eigenvalue weighted by molar-refractivity contribution is -0.140. The van der Waals surface area contributed by atoms with Crippen LogP contribution in [0.25, 0.3) is 0 Å². The molecule has 2 aromatic rings. The molecule has 0 aliphatic carbocycles. The van der Waals surface area contributed by atoms with Crippen molar-refractivity contribution in [3.05, 3.63) is 51.7 Å². The molecule has 0 fully saturated rings. The summed E-state index contributed by atoms with van der Waals surface area (Å²) in [4.78, 5) is 12.1. The fourth-order valence-electron chi connectivity index (χ4n) is 1.73. The van der Waals surface area contributed by atoms with E-state index < -0.39 is 18.6 Å². The van der Waals surface area contributed by atoms with Crippen LogP contribution in [0.2, 0.25) is 5.02 Å². The van der Waals surface area contributed by atoms with Gasteiger partial charge in [0.15, 0.2) is 0 Å². The zero-order valence-electron chi connectivity index (χ0n) is 10.4. The van der Waals surface area contributed by atoms with Gasteiger partial charge in [-0.3, -0.25) is 4.79 Å². The zero-order chi connectivity index (χ0) is 15.6. The van der Waals surface area contributed by atoms with E-state index in [4.69, 9.17) is 11.6 Å². The first-order valence-corrected chi connectivity index (χ1v) is 6.91. The highest BCUT2D eigenvalue weighted by Crippen LogP contribution is 2.26. The van der Waals surface area contributed by atoms with E-state index in [-0.39, 0.29) is 5.69 Å². The van der Waals surface area contributed by atoms with Crippen molar-refractivity contribution in [1.82, 2.24) is 4.57 Å². The minimum Gasteiger partial charge on any atom is -0.334 e. The van der Waals surface area contributed by atoms with Crippen molar-refractivity contribution in [3.8, 4) is 0 Å². The Bertz CT molecular complexity index is 670. The van der Waals surface area contributed by atoms with Gasteiger partial charge in [0, 0.05) is 15.7 Å². The molecule has 0 radical (unpaired) electrons. The smallest absolute Gasteiger partial charge is 0.334 e. The zero-order valence-corrected chi connectivity index (χ0v) is 12.8. The molecule has 0 unspecified atom stereocenters. The van der Waals surface area contributed by atoms with Gasteiger partial charge < -0.3 is 9.88 Å². The summed E-state index contributed by atoms with van der Waals surface area (Å²) >= 11 is 9.05. The second-order valence-electron chi connectivity index (χ2n) is 4.21. The largest absolute Gasteiger partial charge is 0.406 e. The van der Waals surface area contributed by atoms with E-state index in [1.165, 1.54) is 24.4 Å². The van der Waals surface area contributed by atoms with E-state index in [9.17, 15) is 18.0 Å². The van der Waals surface area contributed by atoms with Crippen molar-refractivity contribution in [2.24, 2.45) is 0 Å². The van der Waals surface area contributed by atoms with Crippen LogP contribution in [0.15, 0.2) is 41.0 Å². The normalized spacial score (nSPS) is 11.5. The molecule has 21 heavy (non-hydrogen) atoms. The summed E-state index contributed by atoms with van der Waals surface area (Å²) in [6.45, 7) is -1.22. The number of rotatable bonds is 3. The van der Waals surface area contributed by atoms with Crippen LogP contribution in [-0.4, -0.2) is 16.7 Å². The minimum absolute atomic E-state index is 0.0841. The Labute approximate surface area is 131 Å². The molecule has 1 heterocycles. The summed E-state index contributed by atoms with van der Waals surface area (Å²) in [5.41, 5.74) is 0.298. The quantitative estimate of drug-likeness (QED) is 0.820. The number of hydrogen-bond acceptors (Lipinski definition) is 1. The molecule has 0 bridgehead atoms. The number of nitrogens with one attached hydrogen (secondary N) is 1. The number of carbonyl (C=O) groups is 1. The maximum absolute atomic E-state index is 12.4. The third-order valence-electron chi connectivity index (χ3n) is 2.59. The fraction of sp³-hybridized carbons (Fsp3) is 0.154. The van der Waals surface area contributed by atoms with E-state index in [1.54, 1.807) is 12.1 Å². The molecule has 0 atom stereocenters. The number of aromatic nitrogens is 1. The van der Waals surface area contributed by atoms with Crippen molar-refractivity contribution in [2.45, 2.75) is 12.7 Å². The van der Waals surface area contributed by atoms with Crippen molar-refractivity contribution in [2.75, 3.05) is 5.32 Å². The minimum atomic E-state index is -4.40. The summed E-state index contributed by atoms with van der Waals surface area (Å²) < 4.78 is 38.7. The van der Waals surface area contributed by atoms with Crippen LogP contribution >= 0.6 is 27.5 Å². The lowest BCUT2D eigenvalue weighted by Gasteiger charge is -2.12. The van der Waals surface area contributed by atoms with Crippen LogP contribution in [0.5, 0.6) is 0 Å². The molecule has 1 amide bonds. The molecular weight excluding hydrogens is 373 g/mol. The van der Waals surface area contributed by atoms with E-state index >= 15 is 0 Å². The lowest BCUT2D eigenvalue weighted by Crippen LogP contribution is -2.23. The van der Waals surface area contributed by atoms with Crippen molar-refractivity contribution in [3.63, 3.8) is 0 Å². The number of carbonyl (C=O) groups excluding carboxylic acids is 1. The Morgan fingerprint density at radius 1 is 1.33 bits per heavy atom. The van der Waals surface area contributed by atoms with Crippen molar-refractivity contribution >= 4 is 39.1 Å². The summed E-state index contributed by atoms with van der Waals surface area (Å²) in [6, 6.07) is 7.45. The van der Waals surface area contributed by atoms with Gasteiger partial charge in [-0.25, -0.2) is 0 Å². The van der Waals surface area contributed by atoms with Gasteiger partial charge in [-0.05, 0) is 46.3 Å². The molecule has 0 aliphatic rings. The van der Waals surface area contributed by atoms with Gasteiger partial charge in [-0.1, -0.05) is 11.6 Å². The van der Waals surface area contributed by atoms with Gasteiger partial charge >= 0.3 is 6.18 Å². The van der Waals surface area contributed by atoms with Gasteiger partial charge in [0.25, 0.3) is 5.91 Å². The van der Waals surface area contributed by atoms with Gasteiger partial charge in [0.05, 0.1) is 5.69 Å². The fourth-order valence-corrected chi connectivity index (χ4v) is 2.25. The monoisotopic (exact) mass is 380 g/mol. The van der Waals surface area contributed by atoms with Crippen LogP contribution in [-0.2, 0) is 6.54 Å². The molecule has 1 aromatic carbocycles. The summed E-state index contributed by atoms with van der Waals surface area (Å²) in [7, 11) is 0. The number of benzene rings is 1. The molecule has 2 rings (SSSR count). The highest BCUT2D eigenvalue weighted by molar-refractivity contribution is 9.10. The molecule has 8 heteroatoms. The predicted octanol–water partition coefficient (Wildman–Crippen LogP) is 4.72. The Hall–Kier alpha value is -1.47. The molecule has 3 nitrogen and oxygen atoms in total. The highest BCUT2D eigenvalue weighted by atomic mass is 79.9. The van der Waals surface area contributed by atoms with Crippen molar-refractivity contribution < 1.29 is 18.0 Å². The maximum atomic E-state index is 12.4. The van der Waals surface area contributed by atoms with Crippen molar-refractivity contribution in [1.29, 1.82) is 0 Å². The van der Waals surface area contributed by atoms with Gasteiger partial charge in [-0.15, -0.1) is 0 Å². The van der Waals surface area contributed by atoms with Crippen LogP contribution in [0, 0.1) is 0 Å². The first-order valence-electron chi connectivity index (χ1n) is 5.74. The maximum Gasteiger partial charge on any atom is 0.406 e. The third kappa shape index (κ3) is 4.25. The summed E-state index contributed by atoms with van der Waals surface area (Å²) in [5.74, 6) is -0.646. The van der Waals surface area contributed by atoms with E-state index in [0.717, 1.165) is 4.57 Å². The molecule has 112 valence electrons. The standard InChI is InChI=1S/C13H9BrClF3N2O/c14-9-4-3-8(15)6-10(9)19-12(21)11-2-1-5-20(11)7-13(16,17)18/h1-6H,7H2,(H,19,21). The molecule has 0 saturated carbocycles. The molecule has 0 aliphatic heterocycles. The first kappa shape index (κ1) is 15.9. The topological polar surface area (TPSA) is 34.0 Å². The van der Waals surface area contributed by atoms with E-state index in [2.05, 4.69) is 21.2 Å². The SMILES string of the molecule is O=C(Nc1cc(Cl)ccc1Br)c1cccn1CC(F)(F)F. The van der Waals surface area contributed by atoms with Gasteiger partial charge in [0.2, 0.25) is 0 Å². The van der Waals surface area contributed by atoms with E-state index in [0.29, 0.717) is 15.2 Å². The molecule has 1 N–H and O–H groups in total. The van der Waals surface area contributed by atoms with Crippen LogP contribution in [0.3, 0.4) is 0 Å². The van der Waals surface area contributed by atoms with E-state index in [1.807, 2.05) is 0 Å². The Morgan fingerprint density at radius 2 is 2.05 bits per heavy atom. The Kier molecular flexibility index (Phi) is 4.63. The molecule has 0 spiro atoms. The lowest BCUT2D eigenvalue weighted by atomic mass is 10.3. The van der Waals surface area contributed by atoms with Crippen LogP contribution in [0.4, 0.5) is 18.9 Å². The predicted molar refractivity (Wildman–Crippen MR) is 77.6 cm³/mol. The number of hydrogen-bond donors (Lipinski definition) is 1. The van der Waals surface area contributed by atoms with Crippen LogP contribution < -0.4 is 5.32 Å². The average molecular weight is 382 g/mol. The number of anilines is 1. The number of nitrogens with zero attached hydrogens (tertiary/aromatic N) is 1. The molecule has 1 aromatic heterocycles. The Balaban J connectivity index is 2.21. The first-order chi connectivity index (χ1) is 9.76. The second kappa shape index (κ2) is 6.11. The highest BCUT2D eigenvalue weighted by Gasteiger charge is 2.29. The number of halogens is 5. The summed E-state index contributed by atoms with van der Waals surface area (Å²) in [6.07, 6.45) is -3.19. The van der Waals surface area contributed by atoms with Crippen LogP contribution in [0.1, 0.15) is 10.5 Å². The second-order valence-corrected chi connectivity index (χ2v) is 5.51. The molecule has 0 saturated heterocycles. The van der Waals surface area contributed by atoms with Gasteiger partial charge in [-0.2, -0.15) is 13.2 Å². The third-order valence-corrected chi connectivity index (χ3v) is 3.52. The summed E-state index contributed by atoms with van der Waals surface area (Å²) in [5, 5.41) is 2.92. The molecular formula is C13H9BrClF3N2O.